The SMILES string of the molecule is C[C@H]1C[C@]1(c1noc(=O)[nH]1)n1c(C=O)cc2cc(C3CCOCC3)ccc21. The lowest BCUT2D eigenvalue weighted by molar-refractivity contribution is 0.0853. The van der Waals surface area contributed by atoms with Crippen LogP contribution in [0.4, 0.5) is 0 Å². The van der Waals surface area contributed by atoms with Crippen molar-refractivity contribution in [3.8, 4) is 0 Å². The van der Waals surface area contributed by atoms with Crippen LogP contribution in [0.1, 0.15) is 54.0 Å². The molecule has 1 saturated carbocycles. The molecular formula is C20H21N3O4. The fourth-order valence-electron chi connectivity index (χ4n) is 4.64. The van der Waals surface area contributed by atoms with E-state index >= 15 is 0 Å². The number of carbonyl (C=O) groups is 1. The minimum Gasteiger partial charge on any atom is -0.381 e. The standard InChI is InChI=1S/C20H21N3O4/c1-12-10-20(12,18-21-19(25)27-22-18)23-16(11-24)9-15-8-14(2-3-17(15)23)13-4-6-26-7-5-13/h2-3,8-9,11-13H,4-7,10H2,1H3,(H,21,22,25)/t12-,20-/m0/s1. The Labute approximate surface area is 155 Å². The molecule has 3 heterocycles. The molecule has 2 fully saturated rings. The summed E-state index contributed by atoms with van der Waals surface area (Å²) in [5.41, 5.74) is 2.31. The highest BCUT2D eigenvalue weighted by molar-refractivity contribution is 5.90. The van der Waals surface area contributed by atoms with Gasteiger partial charge in [-0.15, -0.1) is 0 Å². The van der Waals surface area contributed by atoms with Crippen molar-refractivity contribution >= 4 is 17.2 Å². The van der Waals surface area contributed by atoms with Crippen LogP contribution in [-0.4, -0.2) is 34.2 Å². The van der Waals surface area contributed by atoms with Crippen LogP contribution in [0.25, 0.3) is 10.9 Å². The van der Waals surface area contributed by atoms with E-state index in [-0.39, 0.29) is 5.92 Å². The molecule has 1 aromatic carbocycles. The van der Waals surface area contributed by atoms with Crippen molar-refractivity contribution in [1.29, 1.82) is 0 Å². The highest BCUT2D eigenvalue weighted by Crippen LogP contribution is 2.55. The molecule has 0 amide bonds. The molecule has 2 atom stereocenters. The van der Waals surface area contributed by atoms with Crippen molar-refractivity contribution in [3.63, 3.8) is 0 Å². The molecule has 2 aromatic heterocycles. The zero-order valence-electron chi connectivity index (χ0n) is 15.1. The molecule has 1 aliphatic carbocycles. The first kappa shape index (κ1) is 16.5. The van der Waals surface area contributed by atoms with Gasteiger partial charge in [0.1, 0.15) is 5.54 Å². The minimum atomic E-state index is -0.575. The molecule has 140 valence electrons. The first-order valence-electron chi connectivity index (χ1n) is 9.39. The lowest BCUT2D eigenvalue weighted by Gasteiger charge is -2.23. The number of H-pyrrole nitrogens is 1. The third kappa shape index (κ3) is 2.41. The summed E-state index contributed by atoms with van der Waals surface area (Å²) in [5, 5.41) is 4.97. The van der Waals surface area contributed by atoms with E-state index in [1.54, 1.807) is 0 Å². The Morgan fingerprint density at radius 1 is 1.30 bits per heavy atom. The Balaban J connectivity index is 1.66. The van der Waals surface area contributed by atoms with Crippen LogP contribution in [0.15, 0.2) is 33.6 Å². The minimum absolute atomic E-state index is 0.239. The maximum atomic E-state index is 11.8. The van der Waals surface area contributed by atoms with Crippen molar-refractivity contribution in [2.24, 2.45) is 5.92 Å². The van der Waals surface area contributed by atoms with Crippen molar-refractivity contribution in [3.05, 3.63) is 51.9 Å². The fraction of sp³-hybridized carbons (Fsp3) is 0.450. The topological polar surface area (TPSA) is 90.1 Å². The summed E-state index contributed by atoms with van der Waals surface area (Å²) in [7, 11) is 0. The van der Waals surface area contributed by atoms with Crippen LogP contribution < -0.4 is 5.76 Å². The van der Waals surface area contributed by atoms with E-state index in [4.69, 9.17) is 9.26 Å². The molecule has 5 rings (SSSR count). The molecule has 0 unspecified atom stereocenters. The Morgan fingerprint density at radius 2 is 2.07 bits per heavy atom. The number of hydrogen-bond acceptors (Lipinski definition) is 5. The van der Waals surface area contributed by atoms with Crippen LogP contribution in [-0.2, 0) is 10.3 Å². The van der Waals surface area contributed by atoms with E-state index in [9.17, 15) is 9.59 Å². The number of fused-ring (bicyclic) bond motifs is 1. The van der Waals surface area contributed by atoms with E-state index < -0.39 is 11.3 Å². The Morgan fingerprint density at radius 3 is 2.70 bits per heavy atom. The molecule has 1 aliphatic heterocycles. The number of aromatic amines is 1. The molecule has 0 spiro atoms. The van der Waals surface area contributed by atoms with Gasteiger partial charge in [-0.2, -0.15) is 0 Å². The van der Waals surface area contributed by atoms with Gasteiger partial charge in [0, 0.05) is 24.1 Å². The van der Waals surface area contributed by atoms with Crippen molar-refractivity contribution in [2.45, 2.75) is 37.6 Å². The molecule has 0 bridgehead atoms. The summed E-state index contributed by atoms with van der Waals surface area (Å²) in [6, 6.07) is 8.34. The van der Waals surface area contributed by atoms with Crippen LogP contribution in [0.3, 0.4) is 0 Å². The number of benzene rings is 1. The number of hydrogen-bond donors (Lipinski definition) is 1. The molecule has 2 aliphatic rings. The van der Waals surface area contributed by atoms with Crippen molar-refractivity contribution in [1.82, 2.24) is 14.7 Å². The molecule has 27 heavy (non-hydrogen) atoms. The lowest BCUT2D eigenvalue weighted by Crippen LogP contribution is -2.25. The number of carbonyl (C=O) groups excluding carboxylic acids is 1. The van der Waals surface area contributed by atoms with Crippen molar-refractivity contribution < 1.29 is 14.1 Å². The van der Waals surface area contributed by atoms with Gasteiger partial charge in [-0.1, -0.05) is 18.1 Å². The second-order valence-corrected chi connectivity index (χ2v) is 7.70. The van der Waals surface area contributed by atoms with Gasteiger partial charge in [0.2, 0.25) is 0 Å². The number of rotatable bonds is 4. The summed E-state index contributed by atoms with van der Waals surface area (Å²) in [4.78, 5) is 26.0. The smallest absolute Gasteiger partial charge is 0.381 e. The quantitative estimate of drug-likeness (QED) is 0.716. The zero-order valence-corrected chi connectivity index (χ0v) is 15.1. The third-order valence-electron chi connectivity index (χ3n) is 6.19. The monoisotopic (exact) mass is 367 g/mol. The van der Waals surface area contributed by atoms with Gasteiger partial charge in [0.25, 0.3) is 0 Å². The molecule has 7 heteroatoms. The normalized spacial score (nSPS) is 25.7. The van der Waals surface area contributed by atoms with Crippen LogP contribution >= 0.6 is 0 Å². The lowest BCUT2D eigenvalue weighted by atomic mass is 9.91. The van der Waals surface area contributed by atoms with Crippen LogP contribution in [0, 0.1) is 5.92 Å². The van der Waals surface area contributed by atoms with E-state index in [0.717, 1.165) is 49.7 Å². The highest BCUT2D eigenvalue weighted by atomic mass is 16.5. The number of nitrogens with one attached hydrogen (secondary N) is 1. The van der Waals surface area contributed by atoms with E-state index in [2.05, 4.69) is 35.3 Å². The van der Waals surface area contributed by atoms with Gasteiger partial charge in [0.05, 0.1) is 5.69 Å². The maximum absolute atomic E-state index is 11.8. The van der Waals surface area contributed by atoms with Gasteiger partial charge in [-0.25, -0.2) is 4.79 Å². The molecule has 7 nitrogen and oxygen atoms in total. The van der Waals surface area contributed by atoms with Crippen LogP contribution in [0.2, 0.25) is 0 Å². The van der Waals surface area contributed by atoms with Gasteiger partial charge >= 0.3 is 5.76 Å². The second-order valence-electron chi connectivity index (χ2n) is 7.70. The fourth-order valence-corrected chi connectivity index (χ4v) is 4.64. The first-order valence-corrected chi connectivity index (χ1v) is 9.39. The molecular weight excluding hydrogens is 346 g/mol. The largest absolute Gasteiger partial charge is 0.438 e. The van der Waals surface area contributed by atoms with Gasteiger partial charge in [0.15, 0.2) is 12.1 Å². The zero-order chi connectivity index (χ0) is 18.6. The van der Waals surface area contributed by atoms with E-state index in [1.165, 1.54) is 5.56 Å². The Bertz CT molecular complexity index is 1070. The van der Waals surface area contributed by atoms with Crippen molar-refractivity contribution in [2.75, 3.05) is 13.2 Å². The second kappa shape index (κ2) is 5.92. The molecule has 3 aromatic rings. The third-order valence-corrected chi connectivity index (χ3v) is 6.19. The highest BCUT2D eigenvalue weighted by Gasteiger charge is 2.58. The first-order chi connectivity index (χ1) is 13.1. The Kier molecular flexibility index (Phi) is 3.62. The molecule has 0 radical (unpaired) electrons. The average Bonchev–Trinajstić information content (AvgIpc) is 3.04. The predicted molar refractivity (Wildman–Crippen MR) is 98.1 cm³/mol. The van der Waals surface area contributed by atoms with Gasteiger partial charge in [-0.3, -0.25) is 14.3 Å². The summed E-state index contributed by atoms with van der Waals surface area (Å²) in [5.74, 6) is 0.637. The molecule has 1 N–H and O–H groups in total. The van der Waals surface area contributed by atoms with E-state index in [0.29, 0.717) is 17.4 Å². The average molecular weight is 367 g/mol. The summed E-state index contributed by atoms with van der Waals surface area (Å²) >= 11 is 0. The number of aromatic nitrogens is 3. The summed E-state index contributed by atoms with van der Waals surface area (Å²) in [6.07, 6.45) is 3.71. The number of ether oxygens (including phenoxy) is 1. The summed E-state index contributed by atoms with van der Waals surface area (Å²) in [6.45, 7) is 3.68. The summed E-state index contributed by atoms with van der Waals surface area (Å²) < 4.78 is 12.2. The predicted octanol–water partition coefficient (Wildman–Crippen LogP) is 2.81. The number of aldehydes is 1. The Hall–Kier alpha value is -2.67. The van der Waals surface area contributed by atoms with Gasteiger partial charge in [-0.05, 0) is 54.9 Å². The number of nitrogens with zero attached hydrogens (tertiary/aromatic N) is 2. The van der Waals surface area contributed by atoms with Gasteiger partial charge < -0.3 is 9.30 Å². The van der Waals surface area contributed by atoms with Crippen LogP contribution in [0.5, 0.6) is 0 Å². The van der Waals surface area contributed by atoms with E-state index in [1.807, 2.05) is 10.6 Å². The maximum Gasteiger partial charge on any atom is 0.438 e. The molecule has 1 saturated heterocycles.